The Morgan fingerprint density at radius 1 is 1.17 bits per heavy atom. The molecule has 2 heterocycles. The maximum absolute atomic E-state index is 10.5. The number of amidine groups is 2. The topological polar surface area (TPSA) is 57.4 Å². The number of aliphatic hydroxyl groups excluding tert-OH is 1. The van der Waals surface area contributed by atoms with Crippen molar-refractivity contribution in [1.29, 1.82) is 0 Å². The van der Waals surface area contributed by atoms with Crippen LogP contribution in [0, 0.1) is 0 Å². The summed E-state index contributed by atoms with van der Waals surface area (Å²) >= 11 is 0. The summed E-state index contributed by atoms with van der Waals surface area (Å²) in [5.74, 6) is 2.55. The molecule has 0 amide bonds. The lowest BCUT2D eigenvalue weighted by molar-refractivity contribution is 0.414. The van der Waals surface area contributed by atoms with Crippen molar-refractivity contribution >= 4 is 23.1 Å². The van der Waals surface area contributed by atoms with Crippen LogP contribution in [-0.2, 0) is 0 Å². The van der Waals surface area contributed by atoms with Gasteiger partial charge >= 0.3 is 0 Å². The van der Waals surface area contributed by atoms with Gasteiger partial charge in [0, 0.05) is 23.7 Å². The number of methoxy groups -OCH3 is 1. The van der Waals surface area contributed by atoms with Crippen LogP contribution in [0.2, 0.25) is 0 Å². The maximum Gasteiger partial charge on any atom is 0.138 e. The van der Waals surface area contributed by atoms with Crippen molar-refractivity contribution in [2.45, 2.75) is 0 Å². The number of rotatable bonds is 3. The predicted octanol–water partition coefficient (Wildman–Crippen LogP) is 3.40. The third-order valence-electron chi connectivity index (χ3n) is 4.15. The molecule has 5 nitrogen and oxygen atoms in total. The van der Waals surface area contributed by atoms with Crippen LogP contribution in [0.3, 0.4) is 0 Å². The van der Waals surface area contributed by atoms with Gasteiger partial charge in [0.05, 0.1) is 19.3 Å². The van der Waals surface area contributed by atoms with E-state index in [1.54, 1.807) is 13.2 Å². The van der Waals surface area contributed by atoms with Gasteiger partial charge in [0.1, 0.15) is 23.2 Å². The van der Waals surface area contributed by atoms with Crippen molar-refractivity contribution in [3.63, 3.8) is 0 Å². The summed E-state index contributed by atoms with van der Waals surface area (Å²) in [6, 6.07) is 15.2. The zero-order valence-electron chi connectivity index (χ0n) is 13.3. The van der Waals surface area contributed by atoms with Crippen LogP contribution in [0.1, 0.15) is 11.1 Å². The van der Waals surface area contributed by atoms with Gasteiger partial charge in [0.25, 0.3) is 0 Å². The van der Waals surface area contributed by atoms with E-state index in [2.05, 4.69) is 9.98 Å². The van der Waals surface area contributed by atoms with Crippen LogP contribution >= 0.6 is 0 Å². The first-order valence-electron chi connectivity index (χ1n) is 7.81. The average molecular weight is 319 g/mol. The highest BCUT2D eigenvalue weighted by molar-refractivity contribution is 6.19. The van der Waals surface area contributed by atoms with E-state index >= 15 is 0 Å². The molecule has 0 fully saturated rings. The monoisotopic (exact) mass is 319 g/mol. The summed E-state index contributed by atoms with van der Waals surface area (Å²) < 4.78 is 5.15. The number of para-hydroxylation sites is 1. The number of aliphatic imine (C=N–C) groups is 2. The van der Waals surface area contributed by atoms with Crippen LogP contribution in [0.5, 0.6) is 5.75 Å². The van der Waals surface area contributed by atoms with Gasteiger partial charge < -0.3 is 14.7 Å². The lowest BCUT2D eigenvalue weighted by Crippen LogP contribution is -2.36. The lowest BCUT2D eigenvalue weighted by Gasteiger charge is -2.25. The summed E-state index contributed by atoms with van der Waals surface area (Å²) in [4.78, 5) is 11.3. The van der Waals surface area contributed by atoms with E-state index in [9.17, 15) is 5.11 Å². The second-order valence-electron chi connectivity index (χ2n) is 5.60. The van der Waals surface area contributed by atoms with Crippen LogP contribution in [-0.4, -0.2) is 41.9 Å². The zero-order valence-corrected chi connectivity index (χ0v) is 13.3. The Bertz CT molecular complexity index is 866. The molecule has 0 saturated heterocycles. The van der Waals surface area contributed by atoms with Crippen LogP contribution in [0.15, 0.2) is 64.6 Å². The Labute approximate surface area is 140 Å². The molecule has 2 aliphatic heterocycles. The smallest absolute Gasteiger partial charge is 0.138 e. The Morgan fingerprint density at radius 2 is 1.96 bits per heavy atom. The molecular weight excluding hydrogens is 302 g/mol. The molecule has 2 aromatic rings. The first kappa shape index (κ1) is 14.5. The molecule has 2 aliphatic rings. The highest BCUT2D eigenvalue weighted by atomic mass is 16.5. The average Bonchev–Trinajstić information content (AvgIpc) is 3.12. The van der Waals surface area contributed by atoms with Gasteiger partial charge in [-0.15, -0.1) is 0 Å². The molecule has 0 spiro atoms. The number of benzene rings is 2. The molecule has 24 heavy (non-hydrogen) atoms. The quantitative estimate of drug-likeness (QED) is 0.882. The van der Waals surface area contributed by atoms with Gasteiger partial charge in [-0.1, -0.05) is 12.1 Å². The number of hydrogen-bond donors (Lipinski definition) is 1. The summed E-state index contributed by atoms with van der Waals surface area (Å²) in [5, 5.41) is 10.5. The number of nitrogens with zero attached hydrogens (tertiary/aromatic N) is 3. The highest BCUT2D eigenvalue weighted by Gasteiger charge is 2.28. The van der Waals surface area contributed by atoms with Crippen molar-refractivity contribution in [3.8, 4) is 5.75 Å². The molecule has 2 aromatic carbocycles. The van der Waals surface area contributed by atoms with Gasteiger partial charge in [-0.2, -0.15) is 0 Å². The minimum absolute atomic E-state index is 0.169. The first-order chi connectivity index (χ1) is 11.8. The third kappa shape index (κ3) is 2.44. The SMILES string of the molecule is COc1ccc(/C(O)=C/C2=Nc3ccccc3C3=NCCN23)cc1. The first-order valence-corrected chi connectivity index (χ1v) is 7.81. The van der Waals surface area contributed by atoms with Crippen LogP contribution in [0.4, 0.5) is 5.69 Å². The second-order valence-corrected chi connectivity index (χ2v) is 5.60. The molecule has 4 rings (SSSR count). The normalized spacial score (nSPS) is 16.2. The molecule has 0 saturated carbocycles. The van der Waals surface area contributed by atoms with Crippen molar-refractivity contribution in [3.05, 3.63) is 65.7 Å². The van der Waals surface area contributed by atoms with E-state index in [0.29, 0.717) is 5.84 Å². The zero-order chi connectivity index (χ0) is 16.5. The predicted molar refractivity (Wildman–Crippen MR) is 95.2 cm³/mol. The minimum atomic E-state index is 0.169. The maximum atomic E-state index is 10.5. The second kappa shape index (κ2) is 5.85. The fourth-order valence-corrected chi connectivity index (χ4v) is 2.92. The summed E-state index contributed by atoms with van der Waals surface area (Å²) in [7, 11) is 1.62. The lowest BCUT2D eigenvalue weighted by atomic mass is 10.1. The molecule has 0 radical (unpaired) electrons. The number of ether oxygens (including phenoxy) is 1. The van der Waals surface area contributed by atoms with E-state index in [1.165, 1.54) is 0 Å². The van der Waals surface area contributed by atoms with Gasteiger partial charge in [-0.05, 0) is 36.4 Å². The molecule has 5 heteroatoms. The Morgan fingerprint density at radius 3 is 2.75 bits per heavy atom. The fourth-order valence-electron chi connectivity index (χ4n) is 2.92. The van der Waals surface area contributed by atoms with Crippen molar-refractivity contribution in [2.24, 2.45) is 9.98 Å². The highest BCUT2D eigenvalue weighted by Crippen LogP contribution is 2.29. The van der Waals surface area contributed by atoms with E-state index < -0.39 is 0 Å². The summed E-state index contributed by atoms with van der Waals surface area (Å²) in [6.45, 7) is 1.51. The van der Waals surface area contributed by atoms with Gasteiger partial charge in [-0.3, -0.25) is 4.99 Å². The number of hydrogen-bond acceptors (Lipinski definition) is 5. The molecule has 120 valence electrons. The molecular formula is C19H17N3O2. The Balaban J connectivity index is 1.73. The molecule has 0 aromatic heterocycles. The molecule has 1 N–H and O–H groups in total. The summed E-state index contributed by atoms with van der Waals surface area (Å²) in [5.41, 5.74) is 2.63. The largest absolute Gasteiger partial charge is 0.507 e. The number of aliphatic hydroxyl groups is 1. The Kier molecular flexibility index (Phi) is 3.54. The van der Waals surface area contributed by atoms with E-state index in [1.807, 2.05) is 53.4 Å². The molecule has 0 aliphatic carbocycles. The van der Waals surface area contributed by atoms with Crippen molar-refractivity contribution in [1.82, 2.24) is 4.90 Å². The van der Waals surface area contributed by atoms with Crippen molar-refractivity contribution < 1.29 is 9.84 Å². The third-order valence-corrected chi connectivity index (χ3v) is 4.15. The van der Waals surface area contributed by atoms with Gasteiger partial charge in [0.15, 0.2) is 0 Å². The number of fused-ring (bicyclic) bond motifs is 3. The minimum Gasteiger partial charge on any atom is -0.507 e. The molecule has 0 bridgehead atoms. The van der Waals surface area contributed by atoms with Gasteiger partial charge in [-0.25, -0.2) is 4.99 Å². The van der Waals surface area contributed by atoms with Gasteiger partial charge in [0.2, 0.25) is 0 Å². The molecule has 0 atom stereocenters. The van der Waals surface area contributed by atoms with Crippen LogP contribution < -0.4 is 4.74 Å². The molecule has 0 unspecified atom stereocenters. The standard InChI is InChI=1S/C19H17N3O2/c1-24-14-8-6-13(7-9-14)17(23)12-18-21-16-5-3-2-4-15(16)19-20-10-11-22(18)19/h2-9,12,23H,10-11H2,1H3/b17-12-. The van der Waals surface area contributed by atoms with E-state index in [4.69, 9.17) is 4.74 Å². The fraction of sp³-hybridized carbons (Fsp3) is 0.158. The Hall–Kier alpha value is -3.08. The van der Waals surface area contributed by atoms with E-state index in [-0.39, 0.29) is 5.76 Å². The van der Waals surface area contributed by atoms with Crippen LogP contribution in [0.25, 0.3) is 5.76 Å². The summed E-state index contributed by atoms with van der Waals surface area (Å²) in [6.07, 6.45) is 1.69. The van der Waals surface area contributed by atoms with E-state index in [0.717, 1.165) is 41.5 Å². The van der Waals surface area contributed by atoms with Crippen molar-refractivity contribution in [2.75, 3.05) is 20.2 Å².